The summed E-state index contributed by atoms with van der Waals surface area (Å²) in [7, 11) is 0. The fourth-order valence-electron chi connectivity index (χ4n) is 1.67. The van der Waals surface area contributed by atoms with Crippen molar-refractivity contribution in [1.29, 1.82) is 0 Å². The van der Waals surface area contributed by atoms with E-state index in [4.69, 9.17) is 9.84 Å². The average molecular weight is 172 g/mol. The van der Waals surface area contributed by atoms with Gasteiger partial charge in [0.2, 0.25) is 0 Å². The highest BCUT2D eigenvalue weighted by molar-refractivity contribution is 5.70. The third-order valence-corrected chi connectivity index (χ3v) is 3.12. The maximum absolute atomic E-state index is 10.8. The molecule has 0 amide bonds. The zero-order valence-electron chi connectivity index (χ0n) is 7.83. The van der Waals surface area contributed by atoms with Crippen LogP contribution in [0.1, 0.15) is 20.8 Å². The van der Waals surface area contributed by atoms with E-state index in [1.54, 1.807) is 6.92 Å². The number of aliphatic carboxylic acids is 1. The Labute approximate surface area is 72.7 Å². The summed E-state index contributed by atoms with van der Waals surface area (Å²) < 4.78 is 5.11. The van der Waals surface area contributed by atoms with Crippen molar-refractivity contribution in [3.05, 3.63) is 0 Å². The molecule has 0 aromatic carbocycles. The van der Waals surface area contributed by atoms with Gasteiger partial charge in [-0.05, 0) is 5.92 Å². The lowest BCUT2D eigenvalue weighted by Crippen LogP contribution is -2.53. The van der Waals surface area contributed by atoms with Crippen molar-refractivity contribution in [2.24, 2.45) is 17.3 Å². The van der Waals surface area contributed by atoms with Crippen LogP contribution < -0.4 is 0 Å². The summed E-state index contributed by atoms with van der Waals surface area (Å²) >= 11 is 0. The van der Waals surface area contributed by atoms with Crippen molar-refractivity contribution in [3.63, 3.8) is 0 Å². The topological polar surface area (TPSA) is 46.5 Å². The lowest BCUT2D eigenvalue weighted by atomic mass is 9.67. The van der Waals surface area contributed by atoms with E-state index in [0.29, 0.717) is 19.1 Å². The van der Waals surface area contributed by atoms with Gasteiger partial charge in [0, 0.05) is 5.41 Å². The highest BCUT2D eigenvalue weighted by Crippen LogP contribution is 2.42. The number of carboxylic acid groups (broad SMARTS) is 1. The zero-order chi connectivity index (χ0) is 9.35. The van der Waals surface area contributed by atoms with Crippen LogP contribution in [0.2, 0.25) is 0 Å². The number of carbonyl (C=O) groups is 1. The van der Waals surface area contributed by atoms with Gasteiger partial charge in [0.1, 0.15) is 0 Å². The molecule has 0 radical (unpaired) electrons. The third-order valence-electron chi connectivity index (χ3n) is 3.12. The van der Waals surface area contributed by atoms with Crippen LogP contribution in [-0.2, 0) is 9.53 Å². The van der Waals surface area contributed by atoms with Gasteiger partial charge in [-0.25, -0.2) is 0 Å². The Hall–Kier alpha value is -0.570. The molecule has 0 spiro atoms. The predicted molar refractivity (Wildman–Crippen MR) is 44.9 cm³/mol. The van der Waals surface area contributed by atoms with Crippen LogP contribution in [0.25, 0.3) is 0 Å². The van der Waals surface area contributed by atoms with Gasteiger partial charge in [-0.3, -0.25) is 4.79 Å². The van der Waals surface area contributed by atoms with Gasteiger partial charge >= 0.3 is 5.97 Å². The van der Waals surface area contributed by atoms with Crippen LogP contribution in [0.3, 0.4) is 0 Å². The summed E-state index contributed by atoms with van der Waals surface area (Å²) in [6.45, 7) is 7.07. The second-order valence-electron chi connectivity index (χ2n) is 3.94. The fraction of sp³-hybridized carbons (Fsp3) is 0.889. The summed E-state index contributed by atoms with van der Waals surface area (Å²) in [5, 5.41) is 8.88. The molecule has 0 bridgehead atoms. The molecule has 3 nitrogen and oxygen atoms in total. The molecule has 1 heterocycles. The van der Waals surface area contributed by atoms with Crippen molar-refractivity contribution < 1.29 is 14.6 Å². The molecule has 1 aliphatic rings. The number of hydrogen-bond donors (Lipinski definition) is 1. The quantitative estimate of drug-likeness (QED) is 0.699. The number of ether oxygens (including phenoxy) is 1. The molecule has 1 aliphatic heterocycles. The standard InChI is InChI=1S/C9H16O3/c1-6(2)9(4-12-5-9)7(3)8(10)11/h6-7H,4-5H2,1-3H3,(H,10,11). The summed E-state index contributed by atoms with van der Waals surface area (Å²) in [6, 6.07) is 0. The molecule has 1 rings (SSSR count). The Bertz CT molecular complexity index is 182. The minimum Gasteiger partial charge on any atom is -0.481 e. The second kappa shape index (κ2) is 3.05. The molecule has 3 heteroatoms. The minimum atomic E-state index is -0.716. The molecule has 1 saturated heterocycles. The summed E-state index contributed by atoms with van der Waals surface area (Å²) in [6.07, 6.45) is 0. The summed E-state index contributed by atoms with van der Waals surface area (Å²) in [5.41, 5.74) is -0.119. The third kappa shape index (κ3) is 1.22. The molecular weight excluding hydrogens is 156 g/mol. The first-order valence-electron chi connectivity index (χ1n) is 4.31. The van der Waals surface area contributed by atoms with Gasteiger partial charge < -0.3 is 9.84 Å². The van der Waals surface area contributed by atoms with Gasteiger partial charge in [-0.15, -0.1) is 0 Å². The molecule has 0 aliphatic carbocycles. The van der Waals surface area contributed by atoms with Crippen molar-refractivity contribution in [1.82, 2.24) is 0 Å². The van der Waals surface area contributed by atoms with Gasteiger partial charge in [-0.1, -0.05) is 20.8 Å². The molecule has 1 fully saturated rings. The van der Waals surface area contributed by atoms with E-state index in [1.807, 2.05) is 0 Å². The first-order valence-corrected chi connectivity index (χ1v) is 4.31. The van der Waals surface area contributed by atoms with E-state index in [-0.39, 0.29) is 11.3 Å². The van der Waals surface area contributed by atoms with Gasteiger partial charge in [0.15, 0.2) is 0 Å². The SMILES string of the molecule is CC(C)C1(C(C)C(=O)O)COC1. The number of carboxylic acids is 1. The van der Waals surface area contributed by atoms with Crippen LogP contribution >= 0.6 is 0 Å². The summed E-state index contributed by atoms with van der Waals surface area (Å²) in [5.74, 6) is -0.643. The van der Waals surface area contributed by atoms with Crippen molar-refractivity contribution in [2.45, 2.75) is 20.8 Å². The fourth-order valence-corrected chi connectivity index (χ4v) is 1.67. The molecule has 12 heavy (non-hydrogen) atoms. The largest absolute Gasteiger partial charge is 0.481 e. The van der Waals surface area contributed by atoms with Crippen LogP contribution in [0.4, 0.5) is 0 Å². The van der Waals surface area contributed by atoms with E-state index < -0.39 is 5.97 Å². The van der Waals surface area contributed by atoms with Crippen molar-refractivity contribution in [2.75, 3.05) is 13.2 Å². The Morgan fingerprint density at radius 2 is 1.92 bits per heavy atom. The van der Waals surface area contributed by atoms with Crippen LogP contribution in [0.15, 0.2) is 0 Å². The van der Waals surface area contributed by atoms with Crippen molar-refractivity contribution in [3.8, 4) is 0 Å². The van der Waals surface area contributed by atoms with E-state index in [0.717, 1.165) is 0 Å². The van der Waals surface area contributed by atoms with E-state index in [2.05, 4.69) is 13.8 Å². The van der Waals surface area contributed by atoms with Gasteiger partial charge in [0.05, 0.1) is 19.1 Å². The second-order valence-corrected chi connectivity index (χ2v) is 3.94. The molecule has 0 aromatic heterocycles. The monoisotopic (exact) mass is 172 g/mol. The van der Waals surface area contributed by atoms with E-state index >= 15 is 0 Å². The van der Waals surface area contributed by atoms with Crippen LogP contribution in [0.5, 0.6) is 0 Å². The maximum atomic E-state index is 10.8. The number of rotatable bonds is 3. The van der Waals surface area contributed by atoms with Crippen LogP contribution in [0, 0.1) is 17.3 Å². The Morgan fingerprint density at radius 3 is 2.00 bits per heavy atom. The van der Waals surface area contributed by atoms with E-state index in [1.165, 1.54) is 0 Å². The Kier molecular flexibility index (Phi) is 2.42. The molecular formula is C9H16O3. The average Bonchev–Trinajstić information content (AvgIpc) is 1.83. The normalized spacial score (nSPS) is 23.3. The van der Waals surface area contributed by atoms with Gasteiger partial charge in [0.25, 0.3) is 0 Å². The Morgan fingerprint density at radius 1 is 1.42 bits per heavy atom. The van der Waals surface area contributed by atoms with Crippen LogP contribution in [-0.4, -0.2) is 24.3 Å². The first kappa shape index (κ1) is 9.52. The smallest absolute Gasteiger partial charge is 0.306 e. The predicted octanol–water partition coefficient (Wildman–Crippen LogP) is 1.38. The van der Waals surface area contributed by atoms with Gasteiger partial charge in [-0.2, -0.15) is 0 Å². The molecule has 1 unspecified atom stereocenters. The minimum absolute atomic E-state index is 0.119. The molecule has 0 saturated carbocycles. The molecule has 1 N–H and O–H groups in total. The molecule has 0 aromatic rings. The molecule has 1 atom stereocenters. The zero-order valence-corrected chi connectivity index (χ0v) is 7.83. The molecule has 70 valence electrons. The van der Waals surface area contributed by atoms with E-state index in [9.17, 15) is 4.79 Å². The Balaban J connectivity index is 2.73. The lowest BCUT2D eigenvalue weighted by Gasteiger charge is -2.47. The maximum Gasteiger partial charge on any atom is 0.306 e. The highest BCUT2D eigenvalue weighted by atomic mass is 16.5. The highest BCUT2D eigenvalue weighted by Gasteiger charge is 2.48. The number of hydrogen-bond acceptors (Lipinski definition) is 2. The van der Waals surface area contributed by atoms with Crippen molar-refractivity contribution >= 4 is 5.97 Å². The lowest BCUT2D eigenvalue weighted by molar-refractivity contribution is -0.186. The first-order chi connectivity index (χ1) is 5.50. The summed E-state index contributed by atoms with van der Waals surface area (Å²) in [4.78, 5) is 10.8.